The van der Waals surface area contributed by atoms with Crippen molar-refractivity contribution in [1.29, 1.82) is 0 Å². The summed E-state index contributed by atoms with van der Waals surface area (Å²) in [6.07, 6.45) is 0. The normalized spacial score (nSPS) is 0. The minimum absolute atomic E-state index is 0. The second-order valence-electron chi connectivity index (χ2n) is 0. The fraction of sp³-hybridized carbons (Fsp3) is 0. The molecule has 0 bridgehead atoms. The fourth-order valence-corrected chi connectivity index (χ4v) is 0. The van der Waals surface area contributed by atoms with E-state index in [9.17, 15) is 0 Å². The molecular formula is W109. The average molecular weight is 20000 g/mol. The van der Waals surface area contributed by atoms with E-state index in [1.165, 1.54) is 0 Å². The van der Waals surface area contributed by atoms with Gasteiger partial charge in [-0.1, -0.05) is 0 Å². The van der Waals surface area contributed by atoms with Crippen LogP contribution >= 0.6 is 0 Å². The van der Waals surface area contributed by atoms with Crippen LogP contribution in [0.3, 0.4) is 0 Å². The van der Waals surface area contributed by atoms with Gasteiger partial charge >= 0.3 is 0 Å². The molecule has 0 N–H and O–H groups in total. The summed E-state index contributed by atoms with van der Waals surface area (Å²) in [5.74, 6) is 0. The molecule has 0 heterocycles. The largest absolute Gasteiger partial charge is 0 e. The van der Waals surface area contributed by atoms with Crippen molar-refractivity contribution in [2.45, 2.75) is 0 Å². The van der Waals surface area contributed by atoms with E-state index in [1.807, 2.05) is 0 Å². The molecule has 0 aliphatic carbocycles. The van der Waals surface area contributed by atoms with Crippen molar-refractivity contribution < 1.29 is 2300 Å². The first-order valence-electron chi connectivity index (χ1n) is 0. The molecule has 0 nitrogen and oxygen atoms in total. The van der Waals surface area contributed by atoms with Crippen molar-refractivity contribution in [2.24, 2.45) is 0 Å². The Hall–Kier alpha value is 75.0. The Kier molecular flexibility index (Phi) is 10800. The van der Waals surface area contributed by atoms with E-state index in [0.717, 1.165) is 0 Å². The molecule has 0 aliphatic rings. The maximum Gasteiger partial charge on any atom is 0 e. The van der Waals surface area contributed by atoms with Gasteiger partial charge in [-0.3, -0.25) is 0 Å². The molecule has 109 heteroatoms. The van der Waals surface area contributed by atoms with E-state index in [0.29, 0.717) is 0 Å². The molecular weight excluding hydrogens is 20000 g/mol. The maximum absolute atomic E-state index is 0. The molecule has 0 aromatic rings. The fourth-order valence-electron chi connectivity index (χ4n) is 0. The van der Waals surface area contributed by atoms with Crippen molar-refractivity contribution in [2.75, 3.05) is 0 Å². The van der Waals surface area contributed by atoms with E-state index in [1.54, 1.807) is 0 Å². The third kappa shape index (κ3) is 1070. The Morgan fingerprint density at radius 2 is 0.00917 bits per heavy atom. The van der Waals surface area contributed by atoms with E-state index in [2.05, 4.69) is 0 Å². The third-order valence-corrected chi connectivity index (χ3v) is 0. The zero-order valence-corrected chi connectivity index (χ0v) is 364. The number of hydrogen-bond donors (Lipinski definition) is 0. The van der Waals surface area contributed by atoms with Gasteiger partial charge in [-0.15, -0.1) is 0 Å². The van der Waals surface area contributed by atoms with Gasteiger partial charge in [0.05, 0.1) is 0 Å². The molecule has 0 saturated heterocycles. The zero-order chi connectivity index (χ0) is 0. The molecule has 0 atom stereocenters. The Bertz CT molecular complexity index is 0. The summed E-state index contributed by atoms with van der Waals surface area (Å²) < 4.78 is 0. The van der Waals surface area contributed by atoms with Crippen molar-refractivity contribution in [1.82, 2.24) is 0 Å². The van der Waals surface area contributed by atoms with Crippen LogP contribution in [0.2, 0.25) is 0 Å². The molecule has 0 aromatic carbocycles. The van der Waals surface area contributed by atoms with E-state index >= 15 is 0 Å². The molecule has 0 radical (unpaired) electrons. The predicted molar refractivity (Wildman–Crippen MR) is 0 cm³/mol. The average Bonchev–Trinajstić information content (AvgIpc) is 0. The van der Waals surface area contributed by atoms with Gasteiger partial charge in [0.2, 0.25) is 0 Å². The summed E-state index contributed by atoms with van der Waals surface area (Å²) in [7, 11) is 0. The van der Waals surface area contributed by atoms with Gasteiger partial charge in [0.1, 0.15) is 0 Å². The molecule has 0 unspecified atom stereocenters. The molecule has 0 spiro atoms. The standard InChI is InChI=1S/109W. The number of hydrogen-bond acceptors (Lipinski definition) is 0. The van der Waals surface area contributed by atoms with Gasteiger partial charge in [0, 0.05) is 2300 Å². The molecule has 0 amide bonds. The predicted octanol–water partition coefficient (Wildman–Crippen LogP) is -0.273. The zero-order valence-electron chi connectivity index (χ0n) is 44.5. The summed E-state index contributed by atoms with van der Waals surface area (Å²) in [6.45, 7) is 0. The van der Waals surface area contributed by atoms with Crippen LogP contribution in [0.1, 0.15) is 0 Å². The monoisotopic (exact) mass is 20100 g/mol. The summed E-state index contributed by atoms with van der Waals surface area (Å²) in [5.41, 5.74) is 0. The van der Waals surface area contributed by atoms with Gasteiger partial charge in [-0.2, -0.15) is 0 Å². The Balaban J connectivity index is 0. The summed E-state index contributed by atoms with van der Waals surface area (Å²) in [6, 6.07) is 0. The van der Waals surface area contributed by atoms with Crippen LogP contribution in [-0.2, 0) is 2300 Å². The van der Waals surface area contributed by atoms with E-state index in [-0.39, 0.29) is 2300 Å². The van der Waals surface area contributed by atoms with Gasteiger partial charge in [0.15, 0.2) is 0 Å². The van der Waals surface area contributed by atoms with Crippen molar-refractivity contribution in [3.8, 4) is 0 Å². The minimum Gasteiger partial charge on any atom is 0 e. The van der Waals surface area contributed by atoms with Crippen LogP contribution in [0, 0.1) is 0 Å². The third-order valence-electron chi connectivity index (χ3n) is 0. The van der Waals surface area contributed by atoms with Crippen LogP contribution in [0.4, 0.5) is 0 Å². The second-order valence-corrected chi connectivity index (χ2v) is 0. The van der Waals surface area contributed by atoms with Crippen molar-refractivity contribution in [3.63, 3.8) is 0 Å². The Morgan fingerprint density at radius 3 is 0.00917 bits per heavy atom. The molecule has 109 heavy (non-hydrogen) atoms. The van der Waals surface area contributed by atoms with Crippen LogP contribution in [0.25, 0.3) is 0 Å². The van der Waals surface area contributed by atoms with Crippen molar-refractivity contribution in [3.05, 3.63) is 0 Å². The van der Waals surface area contributed by atoms with E-state index < -0.39 is 0 Å². The molecule has 0 aliphatic heterocycles. The van der Waals surface area contributed by atoms with Crippen molar-refractivity contribution >= 4 is 0 Å². The van der Waals surface area contributed by atoms with Crippen LogP contribution in [-0.4, -0.2) is 0 Å². The van der Waals surface area contributed by atoms with Gasteiger partial charge < -0.3 is 0 Å². The summed E-state index contributed by atoms with van der Waals surface area (Å²) in [5, 5.41) is 0. The minimum atomic E-state index is 0. The molecule has 0 fully saturated rings. The molecule has 0 saturated carbocycles. The molecule has 654 valence electrons. The maximum atomic E-state index is 0. The smallest absolute Gasteiger partial charge is 0 e. The first kappa shape index (κ1) is 1100. The second kappa shape index (κ2) is 1080. The summed E-state index contributed by atoms with van der Waals surface area (Å²) >= 11 is 0. The SMILES string of the molecule is [W].[W].[W].[W].[W].[W].[W].[W].[W].[W].[W].[W].[W].[W].[W].[W].[W].[W].[W].[W].[W].[W].[W].[W].[W].[W].[W].[W].[W].[W].[W].[W].[W].[W].[W].[W].[W].[W].[W].[W].[W].[W].[W].[W].[W].[W].[W].[W].[W].[W].[W].[W].[W].[W].[W].[W].[W].[W].[W].[W].[W].[W].[W].[W].[W].[W].[W].[W].[W].[W].[W].[W].[W].[W].[W].[W].[W].[W].[W].[W].[W].[W].[W].[W].[W].[W].[W].[W].[W].[W].[W].[W].[W].[W].[W].[W].[W].[W].[W].[W].[W].[W].[W].[W].[W].[W].[W].[W].[W]. The van der Waals surface area contributed by atoms with Gasteiger partial charge in [-0.25, -0.2) is 0 Å². The quantitative estimate of drug-likeness (QED) is 0.314. The van der Waals surface area contributed by atoms with Crippen LogP contribution in [0.5, 0.6) is 0 Å². The first-order valence-corrected chi connectivity index (χ1v) is 0. The molecule has 0 rings (SSSR count). The summed E-state index contributed by atoms with van der Waals surface area (Å²) in [4.78, 5) is 0. The van der Waals surface area contributed by atoms with Gasteiger partial charge in [-0.05, 0) is 0 Å². The van der Waals surface area contributed by atoms with Gasteiger partial charge in [0.25, 0.3) is 0 Å². The van der Waals surface area contributed by atoms with Crippen LogP contribution < -0.4 is 0 Å². The van der Waals surface area contributed by atoms with Crippen LogP contribution in [0.15, 0.2) is 0 Å². The topological polar surface area (TPSA) is 0 Å². The number of rotatable bonds is 0. The van der Waals surface area contributed by atoms with E-state index in [4.69, 9.17) is 0 Å². The Morgan fingerprint density at radius 1 is 0.00917 bits per heavy atom. The molecule has 0 aromatic heterocycles. The first-order chi connectivity index (χ1) is 0. The Labute approximate surface area is 2220 Å².